The van der Waals surface area contributed by atoms with Gasteiger partial charge in [0.05, 0.1) is 19.3 Å². The Hall–Kier alpha value is -3.53. The lowest BCUT2D eigenvalue weighted by Crippen LogP contribution is -2.29. The van der Waals surface area contributed by atoms with Crippen LogP contribution in [-0.4, -0.2) is 40.2 Å². The van der Waals surface area contributed by atoms with Gasteiger partial charge in [0, 0.05) is 11.3 Å². The van der Waals surface area contributed by atoms with Crippen molar-refractivity contribution in [2.75, 3.05) is 24.8 Å². The smallest absolute Gasteiger partial charge is 0.338 e. The zero-order valence-corrected chi connectivity index (χ0v) is 22.2. The number of nitrogens with zero attached hydrogens (tertiary/aromatic N) is 3. The molecule has 196 valence electrons. The van der Waals surface area contributed by atoms with Gasteiger partial charge in [-0.3, -0.25) is 0 Å². The number of benzene rings is 2. The minimum atomic E-state index is -0.585. The van der Waals surface area contributed by atoms with Crippen molar-refractivity contribution in [3.8, 4) is 11.5 Å². The summed E-state index contributed by atoms with van der Waals surface area (Å²) in [5, 5.41) is 8.49. The van der Waals surface area contributed by atoms with Crippen LogP contribution in [0.1, 0.15) is 50.8 Å². The number of halogens is 1. The molecule has 1 atom stereocenters. The molecular formula is C27H31FN4O4S. The van der Waals surface area contributed by atoms with Crippen molar-refractivity contribution in [2.45, 2.75) is 51.4 Å². The fourth-order valence-electron chi connectivity index (χ4n) is 4.03. The van der Waals surface area contributed by atoms with Crippen molar-refractivity contribution < 1.29 is 23.4 Å². The van der Waals surface area contributed by atoms with E-state index < -0.39 is 12.0 Å². The van der Waals surface area contributed by atoms with Gasteiger partial charge in [-0.2, -0.15) is 4.98 Å². The molecule has 1 unspecified atom stereocenters. The standard InChI is InChI=1S/C27H31FN4O4S/c1-5-7-14-35-25(33)23-17(3)29-26-30-27(37-6-2)31-32(26)24(23)18-12-13-21(22(15-18)34-4)36-16-19-10-8-9-11-20(19)28/h8-13,15,24H,5-7,14,16H2,1-4H3,(H,29,30,31). The molecule has 0 radical (unpaired) electrons. The SMILES string of the molecule is CCCCOC(=O)C1=C(C)Nc2nc(SCC)nn2C1c1ccc(OCc2ccccc2F)c(OC)c1. The van der Waals surface area contributed by atoms with Crippen LogP contribution in [0.25, 0.3) is 0 Å². The first-order valence-corrected chi connectivity index (χ1v) is 13.2. The van der Waals surface area contributed by atoms with E-state index >= 15 is 0 Å². The number of ether oxygens (including phenoxy) is 3. The number of unbranched alkanes of at least 4 members (excludes halogenated alkanes) is 1. The molecule has 1 aromatic heterocycles. The molecule has 0 saturated heterocycles. The van der Waals surface area contributed by atoms with Crippen LogP contribution in [0.3, 0.4) is 0 Å². The van der Waals surface area contributed by atoms with E-state index in [4.69, 9.17) is 14.2 Å². The molecule has 2 heterocycles. The second-order valence-corrected chi connectivity index (χ2v) is 9.67. The molecule has 0 saturated carbocycles. The van der Waals surface area contributed by atoms with Gasteiger partial charge in [0.15, 0.2) is 11.5 Å². The topological polar surface area (TPSA) is 87.5 Å². The van der Waals surface area contributed by atoms with E-state index in [2.05, 4.69) is 15.4 Å². The molecule has 4 rings (SSSR count). The fourth-order valence-corrected chi connectivity index (χ4v) is 4.58. The highest BCUT2D eigenvalue weighted by atomic mass is 32.2. The van der Waals surface area contributed by atoms with Crippen molar-refractivity contribution in [1.82, 2.24) is 14.8 Å². The summed E-state index contributed by atoms with van der Waals surface area (Å²) in [5.41, 5.74) is 2.29. The first-order valence-electron chi connectivity index (χ1n) is 12.2. The number of thioether (sulfide) groups is 1. The number of aromatic nitrogens is 3. The molecule has 0 aliphatic carbocycles. The third-order valence-electron chi connectivity index (χ3n) is 5.90. The molecule has 0 bridgehead atoms. The molecule has 1 aliphatic heterocycles. The third kappa shape index (κ3) is 5.90. The van der Waals surface area contributed by atoms with Crippen LogP contribution in [0.15, 0.2) is 58.9 Å². The number of carbonyl (C=O) groups excluding carboxylic acids is 1. The normalized spacial score (nSPS) is 14.7. The zero-order valence-electron chi connectivity index (χ0n) is 21.4. The van der Waals surface area contributed by atoms with E-state index in [1.807, 2.05) is 26.8 Å². The van der Waals surface area contributed by atoms with Crippen LogP contribution in [0, 0.1) is 5.82 Å². The Bertz CT molecular complexity index is 1290. The first kappa shape index (κ1) is 26.5. The molecule has 10 heteroatoms. The van der Waals surface area contributed by atoms with Gasteiger partial charge in [-0.25, -0.2) is 13.9 Å². The summed E-state index contributed by atoms with van der Waals surface area (Å²) in [5.74, 6) is 1.52. The third-order valence-corrected chi connectivity index (χ3v) is 6.62. The number of fused-ring (bicyclic) bond motifs is 1. The molecule has 1 aliphatic rings. The number of anilines is 1. The first-order chi connectivity index (χ1) is 18.0. The molecule has 0 amide bonds. The lowest BCUT2D eigenvalue weighted by atomic mass is 9.95. The van der Waals surface area contributed by atoms with Crippen LogP contribution in [0.2, 0.25) is 0 Å². The van der Waals surface area contributed by atoms with Gasteiger partial charge in [0.25, 0.3) is 0 Å². The van der Waals surface area contributed by atoms with Crippen LogP contribution >= 0.6 is 11.8 Å². The Morgan fingerprint density at radius 3 is 2.73 bits per heavy atom. The van der Waals surface area contributed by atoms with Gasteiger partial charge in [0.1, 0.15) is 18.5 Å². The summed E-state index contributed by atoms with van der Waals surface area (Å²) in [4.78, 5) is 17.8. The zero-order chi connectivity index (χ0) is 26.4. The van der Waals surface area contributed by atoms with E-state index in [0.29, 0.717) is 46.0 Å². The maximum Gasteiger partial charge on any atom is 0.338 e. The second kappa shape index (κ2) is 12.1. The number of rotatable bonds is 11. The number of carbonyl (C=O) groups is 1. The lowest BCUT2D eigenvalue weighted by molar-refractivity contribution is -0.139. The molecule has 0 spiro atoms. The van der Waals surface area contributed by atoms with Gasteiger partial charge in [-0.15, -0.1) is 5.10 Å². The van der Waals surface area contributed by atoms with Gasteiger partial charge < -0.3 is 19.5 Å². The summed E-state index contributed by atoms with van der Waals surface area (Å²) in [6, 6.07) is 11.3. The van der Waals surface area contributed by atoms with Crippen molar-refractivity contribution in [2.24, 2.45) is 0 Å². The number of esters is 1. The fraction of sp³-hybridized carbons (Fsp3) is 0.370. The summed E-state index contributed by atoms with van der Waals surface area (Å²) >= 11 is 1.52. The number of hydrogen-bond donors (Lipinski definition) is 1. The van der Waals surface area contributed by atoms with Crippen molar-refractivity contribution in [3.05, 3.63) is 70.7 Å². The highest BCUT2D eigenvalue weighted by molar-refractivity contribution is 7.99. The van der Waals surface area contributed by atoms with Crippen LogP contribution in [-0.2, 0) is 16.1 Å². The Morgan fingerprint density at radius 2 is 2.00 bits per heavy atom. The average Bonchev–Trinajstić information content (AvgIpc) is 3.29. The van der Waals surface area contributed by atoms with Crippen LogP contribution in [0.4, 0.5) is 10.3 Å². The average molecular weight is 527 g/mol. The minimum Gasteiger partial charge on any atom is -0.493 e. The van der Waals surface area contributed by atoms with E-state index in [1.165, 1.54) is 24.9 Å². The summed E-state index contributed by atoms with van der Waals surface area (Å²) < 4.78 is 32.9. The predicted molar refractivity (Wildman–Crippen MR) is 140 cm³/mol. The Labute approximate surface area is 220 Å². The lowest BCUT2D eigenvalue weighted by Gasteiger charge is -2.28. The maximum absolute atomic E-state index is 14.1. The van der Waals surface area contributed by atoms with Gasteiger partial charge in [-0.05, 0) is 42.9 Å². The van der Waals surface area contributed by atoms with Crippen molar-refractivity contribution in [1.29, 1.82) is 0 Å². The Kier molecular flexibility index (Phi) is 8.70. The largest absolute Gasteiger partial charge is 0.493 e. The van der Waals surface area contributed by atoms with E-state index in [0.717, 1.165) is 24.2 Å². The van der Waals surface area contributed by atoms with E-state index in [-0.39, 0.29) is 12.4 Å². The number of nitrogens with one attached hydrogen (secondary N) is 1. The molecule has 1 N–H and O–H groups in total. The van der Waals surface area contributed by atoms with E-state index in [9.17, 15) is 9.18 Å². The van der Waals surface area contributed by atoms with Gasteiger partial charge in [0.2, 0.25) is 11.1 Å². The molecule has 8 nitrogen and oxygen atoms in total. The van der Waals surface area contributed by atoms with Crippen molar-refractivity contribution >= 4 is 23.7 Å². The number of allylic oxidation sites excluding steroid dienone is 1. The quantitative estimate of drug-likeness (QED) is 0.192. The molecule has 2 aromatic carbocycles. The van der Waals surface area contributed by atoms with Crippen LogP contribution in [0.5, 0.6) is 11.5 Å². The molecular weight excluding hydrogens is 495 g/mol. The summed E-state index contributed by atoms with van der Waals surface area (Å²) in [6.45, 7) is 6.29. The number of hydrogen-bond acceptors (Lipinski definition) is 8. The van der Waals surface area contributed by atoms with Crippen molar-refractivity contribution in [3.63, 3.8) is 0 Å². The van der Waals surface area contributed by atoms with Crippen LogP contribution < -0.4 is 14.8 Å². The Balaban J connectivity index is 1.70. The highest BCUT2D eigenvalue weighted by Gasteiger charge is 2.35. The van der Waals surface area contributed by atoms with Gasteiger partial charge >= 0.3 is 5.97 Å². The highest BCUT2D eigenvalue weighted by Crippen LogP contribution is 2.40. The molecule has 37 heavy (non-hydrogen) atoms. The second-order valence-electron chi connectivity index (χ2n) is 8.44. The summed E-state index contributed by atoms with van der Waals surface area (Å²) in [7, 11) is 1.54. The van der Waals surface area contributed by atoms with Gasteiger partial charge in [-0.1, -0.05) is 56.3 Å². The maximum atomic E-state index is 14.1. The molecule has 3 aromatic rings. The number of methoxy groups -OCH3 is 1. The van der Waals surface area contributed by atoms with E-state index in [1.54, 1.807) is 35.0 Å². The predicted octanol–water partition coefficient (Wildman–Crippen LogP) is 5.75. The minimum absolute atomic E-state index is 0.0502. The Morgan fingerprint density at radius 1 is 1.19 bits per heavy atom. The molecule has 0 fully saturated rings. The summed E-state index contributed by atoms with van der Waals surface area (Å²) in [6.07, 6.45) is 1.70. The monoisotopic (exact) mass is 526 g/mol.